The maximum absolute atomic E-state index is 12.7. The predicted octanol–water partition coefficient (Wildman–Crippen LogP) is 4.54. The summed E-state index contributed by atoms with van der Waals surface area (Å²) in [5, 5.41) is 3.24. The number of pyridine rings is 1. The first-order chi connectivity index (χ1) is 13.7. The summed E-state index contributed by atoms with van der Waals surface area (Å²) in [5.41, 5.74) is 3.57. The van der Waals surface area contributed by atoms with E-state index >= 15 is 0 Å². The van der Waals surface area contributed by atoms with Crippen LogP contribution >= 0.6 is 11.3 Å². The smallest absolute Gasteiger partial charge is 0.255 e. The number of carbonyl (C=O) groups is 1. The number of hydrogen-bond acceptors (Lipinski definition) is 5. The number of hydrogen-bond donors (Lipinski definition) is 0. The number of nitrogens with zero attached hydrogens (tertiary/aromatic N) is 3. The Morgan fingerprint density at radius 1 is 1.18 bits per heavy atom. The number of thiazole rings is 1. The molecule has 0 bridgehead atoms. The number of methoxy groups -OCH3 is 1. The van der Waals surface area contributed by atoms with Crippen molar-refractivity contribution in [3.63, 3.8) is 0 Å². The fourth-order valence-corrected chi connectivity index (χ4v) is 4.55. The highest BCUT2D eigenvalue weighted by Gasteiger charge is 2.26. The van der Waals surface area contributed by atoms with Crippen molar-refractivity contribution in [3.05, 3.63) is 64.2 Å². The minimum atomic E-state index is 0.0693. The summed E-state index contributed by atoms with van der Waals surface area (Å²) in [6, 6.07) is 11.7. The molecule has 1 aliphatic rings. The van der Waals surface area contributed by atoms with E-state index in [9.17, 15) is 4.79 Å². The second-order valence-electron chi connectivity index (χ2n) is 7.03. The molecule has 4 rings (SSSR count). The van der Waals surface area contributed by atoms with Gasteiger partial charge in [-0.2, -0.15) is 0 Å². The Balaban J connectivity index is 1.42. The third kappa shape index (κ3) is 3.78. The number of aromatic nitrogens is 2. The van der Waals surface area contributed by atoms with E-state index in [1.54, 1.807) is 24.6 Å². The summed E-state index contributed by atoms with van der Waals surface area (Å²) in [4.78, 5) is 23.7. The molecule has 6 heteroatoms. The molecule has 28 heavy (non-hydrogen) atoms. The van der Waals surface area contributed by atoms with Crippen LogP contribution in [0, 0.1) is 6.92 Å². The first kappa shape index (κ1) is 18.6. The molecule has 1 aromatic carbocycles. The van der Waals surface area contributed by atoms with Gasteiger partial charge >= 0.3 is 0 Å². The summed E-state index contributed by atoms with van der Waals surface area (Å²) >= 11 is 1.70. The first-order valence-electron chi connectivity index (χ1n) is 9.46. The van der Waals surface area contributed by atoms with Crippen LogP contribution in [0.15, 0.2) is 48.0 Å². The van der Waals surface area contributed by atoms with Gasteiger partial charge in [-0.3, -0.25) is 9.78 Å². The monoisotopic (exact) mass is 393 g/mol. The SMILES string of the molecule is COc1ccccc1-c1csc(C2CCN(C(=O)c3ccc(C)nc3)CC2)n1. The Labute approximate surface area is 169 Å². The maximum atomic E-state index is 12.7. The fourth-order valence-electron chi connectivity index (χ4n) is 3.56. The average Bonchev–Trinajstić information content (AvgIpc) is 3.24. The van der Waals surface area contributed by atoms with Gasteiger partial charge in [-0.15, -0.1) is 11.3 Å². The van der Waals surface area contributed by atoms with Crippen molar-refractivity contribution in [2.45, 2.75) is 25.7 Å². The summed E-state index contributed by atoms with van der Waals surface area (Å²) in [6.45, 7) is 3.43. The van der Waals surface area contributed by atoms with Crippen LogP contribution in [0.5, 0.6) is 5.75 Å². The third-order valence-electron chi connectivity index (χ3n) is 5.19. The van der Waals surface area contributed by atoms with Crippen molar-refractivity contribution in [2.75, 3.05) is 20.2 Å². The van der Waals surface area contributed by atoms with Crippen LogP contribution in [0.2, 0.25) is 0 Å². The Bertz CT molecular complexity index is 960. The lowest BCUT2D eigenvalue weighted by atomic mass is 9.97. The van der Waals surface area contributed by atoms with Crippen molar-refractivity contribution in [2.24, 2.45) is 0 Å². The topological polar surface area (TPSA) is 55.3 Å². The van der Waals surface area contributed by atoms with E-state index in [2.05, 4.69) is 10.4 Å². The summed E-state index contributed by atoms with van der Waals surface area (Å²) in [5.74, 6) is 1.31. The quantitative estimate of drug-likeness (QED) is 0.653. The molecule has 0 N–H and O–H groups in total. The van der Waals surface area contributed by atoms with E-state index in [0.29, 0.717) is 11.5 Å². The van der Waals surface area contributed by atoms with E-state index in [4.69, 9.17) is 9.72 Å². The van der Waals surface area contributed by atoms with Crippen LogP contribution in [0.25, 0.3) is 11.3 Å². The van der Waals surface area contributed by atoms with Crippen LogP contribution < -0.4 is 4.74 Å². The Morgan fingerprint density at radius 3 is 2.68 bits per heavy atom. The molecule has 1 amide bonds. The molecule has 0 unspecified atom stereocenters. The number of carbonyl (C=O) groups excluding carboxylic acids is 1. The highest BCUT2D eigenvalue weighted by atomic mass is 32.1. The van der Waals surface area contributed by atoms with Gasteiger partial charge in [0.15, 0.2) is 0 Å². The molecule has 2 aromatic heterocycles. The summed E-state index contributed by atoms with van der Waals surface area (Å²) in [7, 11) is 1.68. The van der Waals surface area contributed by atoms with E-state index in [1.807, 2.05) is 48.2 Å². The fraction of sp³-hybridized carbons (Fsp3) is 0.318. The zero-order chi connectivity index (χ0) is 19.5. The zero-order valence-electron chi connectivity index (χ0n) is 16.1. The van der Waals surface area contributed by atoms with Crippen molar-refractivity contribution in [1.29, 1.82) is 0 Å². The molecule has 3 heterocycles. The zero-order valence-corrected chi connectivity index (χ0v) is 16.9. The lowest BCUT2D eigenvalue weighted by Gasteiger charge is -2.31. The Kier molecular flexibility index (Phi) is 5.39. The van der Waals surface area contributed by atoms with Gasteiger partial charge in [0.25, 0.3) is 5.91 Å². The first-order valence-corrected chi connectivity index (χ1v) is 10.3. The average molecular weight is 394 g/mol. The highest BCUT2D eigenvalue weighted by Crippen LogP contribution is 2.35. The molecular weight excluding hydrogens is 370 g/mol. The summed E-state index contributed by atoms with van der Waals surface area (Å²) < 4.78 is 5.46. The van der Waals surface area contributed by atoms with E-state index in [0.717, 1.165) is 53.6 Å². The number of benzene rings is 1. The molecular formula is C22H23N3O2S. The van der Waals surface area contributed by atoms with Crippen molar-refractivity contribution < 1.29 is 9.53 Å². The lowest BCUT2D eigenvalue weighted by Crippen LogP contribution is -2.38. The minimum Gasteiger partial charge on any atom is -0.496 e. The van der Waals surface area contributed by atoms with Gasteiger partial charge in [-0.1, -0.05) is 12.1 Å². The molecule has 0 radical (unpaired) electrons. The van der Waals surface area contributed by atoms with Crippen LogP contribution in [-0.2, 0) is 0 Å². The molecule has 0 spiro atoms. The number of aryl methyl sites for hydroxylation is 1. The second-order valence-corrected chi connectivity index (χ2v) is 7.92. The highest BCUT2D eigenvalue weighted by molar-refractivity contribution is 7.10. The Morgan fingerprint density at radius 2 is 1.96 bits per heavy atom. The van der Waals surface area contributed by atoms with Gasteiger partial charge in [0.1, 0.15) is 5.75 Å². The van der Waals surface area contributed by atoms with Gasteiger partial charge in [-0.05, 0) is 44.0 Å². The molecule has 3 aromatic rings. The molecule has 0 aliphatic carbocycles. The molecule has 144 valence electrons. The lowest BCUT2D eigenvalue weighted by molar-refractivity contribution is 0.0712. The van der Waals surface area contributed by atoms with E-state index in [-0.39, 0.29) is 5.91 Å². The molecule has 1 aliphatic heterocycles. The van der Waals surface area contributed by atoms with Gasteiger partial charge in [-0.25, -0.2) is 4.98 Å². The van der Waals surface area contributed by atoms with Gasteiger partial charge < -0.3 is 9.64 Å². The molecule has 1 fully saturated rings. The van der Waals surface area contributed by atoms with Crippen LogP contribution in [0.3, 0.4) is 0 Å². The van der Waals surface area contributed by atoms with Crippen LogP contribution in [-0.4, -0.2) is 41.0 Å². The molecule has 5 nitrogen and oxygen atoms in total. The minimum absolute atomic E-state index is 0.0693. The predicted molar refractivity (Wildman–Crippen MR) is 111 cm³/mol. The molecule has 0 saturated carbocycles. The number of para-hydroxylation sites is 1. The molecule has 0 atom stereocenters. The number of piperidine rings is 1. The third-order valence-corrected chi connectivity index (χ3v) is 6.20. The largest absolute Gasteiger partial charge is 0.496 e. The number of amides is 1. The van der Waals surface area contributed by atoms with Gasteiger partial charge in [0.05, 0.1) is 23.4 Å². The van der Waals surface area contributed by atoms with E-state index < -0.39 is 0 Å². The number of likely N-dealkylation sites (tertiary alicyclic amines) is 1. The standard InChI is InChI=1S/C22H23N3O2S/c1-15-7-8-17(13-23-15)22(26)25-11-9-16(10-12-25)21-24-19(14-28-21)18-5-3-4-6-20(18)27-2/h3-8,13-14,16H,9-12H2,1-2H3. The molecule has 1 saturated heterocycles. The van der Waals surface area contributed by atoms with Gasteiger partial charge in [0.2, 0.25) is 0 Å². The normalized spacial score (nSPS) is 14.9. The van der Waals surface area contributed by atoms with Crippen molar-refractivity contribution in [1.82, 2.24) is 14.9 Å². The summed E-state index contributed by atoms with van der Waals surface area (Å²) in [6.07, 6.45) is 3.54. The van der Waals surface area contributed by atoms with E-state index in [1.165, 1.54) is 0 Å². The van der Waals surface area contributed by atoms with Crippen LogP contribution in [0.4, 0.5) is 0 Å². The number of ether oxygens (including phenoxy) is 1. The second kappa shape index (κ2) is 8.10. The Hall–Kier alpha value is -2.73. The van der Waals surface area contributed by atoms with Crippen LogP contribution in [0.1, 0.15) is 39.8 Å². The van der Waals surface area contributed by atoms with Crippen molar-refractivity contribution in [3.8, 4) is 17.0 Å². The van der Waals surface area contributed by atoms with Crippen molar-refractivity contribution >= 4 is 17.2 Å². The maximum Gasteiger partial charge on any atom is 0.255 e. The van der Waals surface area contributed by atoms with Gasteiger partial charge in [0, 0.05) is 41.8 Å². The number of rotatable bonds is 4.